The van der Waals surface area contributed by atoms with Gasteiger partial charge < -0.3 is 21.1 Å². The average Bonchev–Trinajstić information content (AvgIpc) is 3.14. The number of carbonyl (C=O) groups is 4. The molecule has 2 rings (SSSR count). The van der Waals surface area contributed by atoms with Crippen LogP contribution in [0.3, 0.4) is 0 Å². The maximum absolute atomic E-state index is 12.4. The van der Waals surface area contributed by atoms with Gasteiger partial charge in [-0.25, -0.2) is 14.4 Å². The fourth-order valence-electron chi connectivity index (χ4n) is 3.03. The highest BCUT2D eigenvalue weighted by Crippen LogP contribution is 2.17. The molecule has 2 atom stereocenters. The molecule has 5 N–H and O–H groups in total. The molecule has 1 aromatic rings. The van der Waals surface area contributed by atoms with Crippen molar-refractivity contribution in [1.82, 2.24) is 16.0 Å². The summed E-state index contributed by atoms with van der Waals surface area (Å²) in [5, 5.41) is 7.19. The number of amides is 5. The van der Waals surface area contributed by atoms with Gasteiger partial charge in [0.25, 0.3) is 5.91 Å². The molecule has 1 aliphatic carbocycles. The van der Waals surface area contributed by atoms with E-state index in [0.717, 1.165) is 31.2 Å². The maximum Gasteiger partial charge on any atom is 0.329 e. The minimum Gasteiger partial charge on any atom is -0.451 e. The predicted octanol–water partition coefficient (Wildman–Crippen LogP) is 0.966. The molecule has 1 saturated carbocycles. The lowest BCUT2D eigenvalue weighted by atomic mass is 10.1. The van der Waals surface area contributed by atoms with Crippen LogP contribution >= 0.6 is 0 Å². The fraction of sp³-hybridized carbons (Fsp3) is 0.474. The van der Waals surface area contributed by atoms with E-state index in [1.54, 1.807) is 24.3 Å². The number of benzene rings is 1. The largest absolute Gasteiger partial charge is 0.451 e. The minimum absolute atomic E-state index is 0.0562. The summed E-state index contributed by atoms with van der Waals surface area (Å²) in [7, 11) is 0. The molecule has 28 heavy (non-hydrogen) atoms. The highest BCUT2D eigenvalue weighted by atomic mass is 16.5. The lowest BCUT2D eigenvalue weighted by molar-refractivity contribution is -0.156. The molecule has 5 amide bonds. The molecule has 1 aromatic carbocycles. The number of ether oxygens (including phenoxy) is 1. The smallest absolute Gasteiger partial charge is 0.329 e. The molecule has 1 fully saturated rings. The molecule has 0 bridgehead atoms. The summed E-state index contributed by atoms with van der Waals surface area (Å²) < 4.78 is 5.12. The Morgan fingerprint density at radius 3 is 2.39 bits per heavy atom. The molecule has 0 radical (unpaired) electrons. The Morgan fingerprint density at radius 1 is 1.14 bits per heavy atom. The first-order valence-electron chi connectivity index (χ1n) is 9.27. The summed E-state index contributed by atoms with van der Waals surface area (Å²) >= 11 is 0. The molecule has 1 aliphatic rings. The SMILES string of the molecule is C[C@H](OC(=O)[C@H](Cc1ccccc1)NC(N)=O)C(=O)NC(=O)NC1CCCC1. The first kappa shape index (κ1) is 21.2. The van der Waals surface area contributed by atoms with Gasteiger partial charge in [0.15, 0.2) is 6.10 Å². The van der Waals surface area contributed by atoms with Gasteiger partial charge in [-0.2, -0.15) is 0 Å². The summed E-state index contributed by atoms with van der Waals surface area (Å²) in [4.78, 5) is 47.6. The first-order chi connectivity index (χ1) is 13.3. The third-order valence-corrected chi connectivity index (χ3v) is 4.47. The number of hydrogen-bond donors (Lipinski definition) is 4. The molecule has 152 valence electrons. The number of imide groups is 1. The van der Waals surface area contributed by atoms with E-state index in [2.05, 4.69) is 16.0 Å². The van der Waals surface area contributed by atoms with Gasteiger partial charge in [0.1, 0.15) is 6.04 Å². The zero-order valence-corrected chi connectivity index (χ0v) is 15.8. The van der Waals surface area contributed by atoms with Crippen LogP contribution in [0.2, 0.25) is 0 Å². The number of nitrogens with two attached hydrogens (primary N) is 1. The van der Waals surface area contributed by atoms with Crippen molar-refractivity contribution in [3.8, 4) is 0 Å². The highest BCUT2D eigenvalue weighted by molar-refractivity contribution is 5.97. The molecule has 0 aliphatic heterocycles. The minimum atomic E-state index is -1.21. The van der Waals surface area contributed by atoms with Crippen LogP contribution in [0.4, 0.5) is 9.59 Å². The topological polar surface area (TPSA) is 140 Å². The number of primary amides is 1. The van der Waals surface area contributed by atoms with E-state index in [4.69, 9.17) is 10.5 Å². The fourth-order valence-corrected chi connectivity index (χ4v) is 3.03. The summed E-state index contributed by atoms with van der Waals surface area (Å²) in [5.74, 6) is -1.57. The Bertz CT molecular complexity index is 704. The van der Waals surface area contributed by atoms with Crippen LogP contribution in [0.1, 0.15) is 38.2 Å². The van der Waals surface area contributed by atoms with Crippen LogP contribution in [0.25, 0.3) is 0 Å². The van der Waals surface area contributed by atoms with Crippen LogP contribution in [-0.2, 0) is 20.7 Å². The lowest BCUT2D eigenvalue weighted by Crippen LogP contribution is -2.50. The second kappa shape index (κ2) is 10.3. The van der Waals surface area contributed by atoms with Gasteiger partial charge in [0.2, 0.25) is 0 Å². The van der Waals surface area contributed by atoms with Gasteiger partial charge in [-0.05, 0) is 25.3 Å². The summed E-state index contributed by atoms with van der Waals surface area (Å²) in [6, 6.07) is 6.48. The van der Waals surface area contributed by atoms with Gasteiger partial charge in [0.05, 0.1) is 0 Å². The molecule has 0 heterocycles. The molecule has 0 saturated heterocycles. The Morgan fingerprint density at radius 2 is 1.79 bits per heavy atom. The summed E-state index contributed by atoms with van der Waals surface area (Å²) in [6.45, 7) is 1.35. The van der Waals surface area contributed by atoms with Gasteiger partial charge >= 0.3 is 18.0 Å². The van der Waals surface area contributed by atoms with E-state index in [9.17, 15) is 19.2 Å². The summed E-state index contributed by atoms with van der Waals surface area (Å²) in [6.07, 6.45) is 2.79. The van der Waals surface area contributed by atoms with Gasteiger partial charge in [-0.3, -0.25) is 10.1 Å². The number of urea groups is 2. The average molecular weight is 390 g/mol. The van der Waals surface area contributed by atoms with Crippen LogP contribution in [0.5, 0.6) is 0 Å². The number of esters is 1. The Balaban J connectivity index is 1.88. The zero-order chi connectivity index (χ0) is 20.5. The van der Waals surface area contributed by atoms with Gasteiger partial charge in [-0.15, -0.1) is 0 Å². The van der Waals surface area contributed by atoms with Crippen molar-refractivity contribution in [1.29, 1.82) is 0 Å². The van der Waals surface area contributed by atoms with Crippen molar-refractivity contribution in [3.05, 3.63) is 35.9 Å². The van der Waals surface area contributed by atoms with Crippen LogP contribution in [0, 0.1) is 0 Å². The second-order valence-corrected chi connectivity index (χ2v) is 6.77. The van der Waals surface area contributed by atoms with Crippen molar-refractivity contribution in [2.24, 2.45) is 5.73 Å². The van der Waals surface area contributed by atoms with E-state index < -0.39 is 36.1 Å². The quantitative estimate of drug-likeness (QED) is 0.514. The van der Waals surface area contributed by atoms with Crippen LogP contribution < -0.4 is 21.7 Å². The van der Waals surface area contributed by atoms with E-state index in [0.29, 0.717) is 0 Å². The highest BCUT2D eigenvalue weighted by Gasteiger charge is 2.27. The molecular formula is C19H26N4O5. The monoisotopic (exact) mass is 390 g/mol. The third-order valence-electron chi connectivity index (χ3n) is 4.47. The first-order valence-corrected chi connectivity index (χ1v) is 9.27. The predicted molar refractivity (Wildman–Crippen MR) is 101 cm³/mol. The summed E-state index contributed by atoms with van der Waals surface area (Å²) in [5.41, 5.74) is 5.91. The maximum atomic E-state index is 12.4. The molecule has 0 spiro atoms. The van der Waals surface area contributed by atoms with Crippen molar-refractivity contribution < 1.29 is 23.9 Å². The molecule has 9 heteroatoms. The van der Waals surface area contributed by atoms with E-state index in [1.165, 1.54) is 6.92 Å². The Hall–Kier alpha value is -3.10. The number of nitrogens with one attached hydrogen (secondary N) is 3. The normalized spacial score (nSPS) is 15.9. The van der Waals surface area contributed by atoms with Crippen LogP contribution in [-0.4, -0.2) is 42.1 Å². The Kier molecular flexibility index (Phi) is 7.79. The van der Waals surface area contributed by atoms with Crippen molar-refractivity contribution in [2.75, 3.05) is 0 Å². The lowest BCUT2D eigenvalue weighted by Gasteiger charge is -2.20. The van der Waals surface area contributed by atoms with Crippen molar-refractivity contribution in [2.45, 2.75) is 57.2 Å². The van der Waals surface area contributed by atoms with Crippen molar-refractivity contribution in [3.63, 3.8) is 0 Å². The molecule has 9 nitrogen and oxygen atoms in total. The van der Waals surface area contributed by atoms with Gasteiger partial charge in [-0.1, -0.05) is 43.2 Å². The van der Waals surface area contributed by atoms with E-state index in [-0.39, 0.29) is 12.5 Å². The number of hydrogen-bond acceptors (Lipinski definition) is 5. The standard InChI is InChI=1S/C19H26N4O5/c1-12(16(24)23-19(27)21-14-9-5-6-10-14)28-17(25)15(22-18(20)26)11-13-7-3-2-4-8-13/h2-4,7-8,12,14-15H,5-6,9-11H2,1H3,(H3,20,22,26)(H2,21,23,24,27)/t12-,15-/m0/s1. The molecular weight excluding hydrogens is 364 g/mol. The Labute approximate surface area is 163 Å². The number of rotatable bonds is 7. The van der Waals surface area contributed by atoms with E-state index in [1.807, 2.05) is 6.07 Å². The van der Waals surface area contributed by atoms with Crippen LogP contribution in [0.15, 0.2) is 30.3 Å². The number of carbonyl (C=O) groups excluding carboxylic acids is 4. The van der Waals surface area contributed by atoms with E-state index >= 15 is 0 Å². The second-order valence-electron chi connectivity index (χ2n) is 6.77. The molecule has 0 aromatic heterocycles. The third kappa shape index (κ3) is 6.90. The van der Waals surface area contributed by atoms with Crippen molar-refractivity contribution >= 4 is 23.9 Å². The zero-order valence-electron chi connectivity index (χ0n) is 15.8. The van der Waals surface area contributed by atoms with Gasteiger partial charge in [0, 0.05) is 12.5 Å². The molecule has 0 unspecified atom stereocenters.